The first-order valence-electron chi connectivity index (χ1n) is 6.42. The zero-order valence-corrected chi connectivity index (χ0v) is 12.6. The van der Waals surface area contributed by atoms with E-state index >= 15 is 0 Å². The molecule has 1 aromatic carbocycles. The van der Waals surface area contributed by atoms with E-state index in [4.69, 9.17) is 0 Å². The molecule has 0 aliphatic carbocycles. The fourth-order valence-corrected chi connectivity index (χ4v) is 3.87. The molecule has 0 aromatic heterocycles. The van der Waals surface area contributed by atoms with Crippen LogP contribution in [0.3, 0.4) is 0 Å². The summed E-state index contributed by atoms with van der Waals surface area (Å²) in [6.07, 6.45) is 1.74. The Kier molecular flexibility index (Phi) is 4.34. The number of benzene rings is 1. The molecule has 0 spiro atoms. The maximum absolute atomic E-state index is 12.7. The van der Waals surface area contributed by atoms with Gasteiger partial charge in [-0.25, -0.2) is 13.2 Å². The molecule has 6 nitrogen and oxygen atoms in total. The number of methoxy groups -OCH3 is 1. The second-order valence-corrected chi connectivity index (χ2v) is 6.58. The van der Waals surface area contributed by atoms with Crippen molar-refractivity contribution in [1.29, 1.82) is 0 Å². The lowest BCUT2D eigenvalue weighted by Crippen LogP contribution is -2.40. The van der Waals surface area contributed by atoms with Crippen molar-refractivity contribution in [1.82, 2.24) is 4.31 Å². The predicted octanol–water partition coefficient (Wildman–Crippen LogP) is 0.807. The molecule has 0 unspecified atom stereocenters. The predicted molar refractivity (Wildman–Crippen MR) is 75.8 cm³/mol. The minimum absolute atomic E-state index is 0.0582. The molecule has 7 heteroatoms. The summed E-state index contributed by atoms with van der Waals surface area (Å²) in [6.45, 7) is 1.48. The van der Waals surface area contributed by atoms with Gasteiger partial charge in [-0.05, 0) is 25.5 Å². The van der Waals surface area contributed by atoms with Crippen LogP contribution in [0.25, 0.3) is 0 Å². The highest BCUT2D eigenvalue weighted by molar-refractivity contribution is 7.89. The van der Waals surface area contributed by atoms with Crippen molar-refractivity contribution < 1.29 is 23.1 Å². The first kappa shape index (κ1) is 15.5. The summed E-state index contributed by atoms with van der Waals surface area (Å²) in [6, 6.07) is 5.63. The van der Waals surface area contributed by atoms with Gasteiger partial charge in [0.05, 0.1) is 24.7 Å². The molecule has 0 radical (unpaired) electrons. The highest BCUT2D eigenvalue weighted by Crippen LogP contribution is 2.30. The van der Waals surface area contributed by atoms with Crippen LogP contribution in [-0.4, -0.2) is 43.6 Å². The lowest BCUT2D eigenvalue weighted by Gasteiger charge is -2.26. The smallest absolute Gasteiger partial charge is 0.355 e. The molecule has 0 bridgehead atoms. The van der Waals surface area contributed by atoms with Gasteiger partial charge >= 0.3 is 5.97 Å². The van der Waals surface area contributed by atoms with Crippen molar-refractivity contribution in [2.24, 2.45) is 0 Å². The van der Waals surface area contributed by atoms with E-state index in [1.807, 2.05) is 6.92 Å². The average Bonchev–Trinajstić information content (AvgIpc) is 2.91. The zero-order chi connectivity index (χ0) is 15.6. The second-order valence-electron chi connectivity index (χ2n) is 4.77. The van der Waals surface area contributed by atoms with Crippen molar-refractivity contribution in [2.45, 2.75) is 24.3 Å². The van der Waals surface area contributed by atoms with Gasteiger partial charge in [-0.15, -0.1) is 0 Å². The van der Waals surface area contributed by atoms with Crippen LogP contribution in [0.15, 0.2) is 40.9 Å². The number of carbonyl (C=O) groups is 1. The maximum atomic E-state index is 12.7. The van der Waals surface area contributed by atoms with Crippen molar-refractivity contribution in [3.8, 4) is 0 Å². The van der Waals surface area contributed by atoms with E-state index in [1.165, 1.54) is 25.3 Å². The van der Waals surface area contributed by atoms with Gasteiger partial charge in [0.15, 0.2) is 0 Å². The van der Waals surface area contributed by atoms with E-state index < -0.39 is 22.0 Å². The third-order valence-electron chi connectivity index (χ3n) is 3.34. The van der Waals surface area contributed by atoms with Crippen molar-refractivity contribution in [3.05, 3.63) is 41.6 Å². The number of hydrogen-bond donors (Lipinski definition) is 1. The number of nitrogens with zero attached hydrogens (tertiary/aromatic N) is 1. The average molecular weight is 311 g/mol. The van der Waals surface area contributed by atoms with E-state index in [-0.39, 0.29) is 23.6 Å². The van der Waals surface area contributed by atoms with Gasteiger partial charge in [0, 0.05) is 0 Å². The minimum atomic E-state index is -3.92. The molecule has 0 saturated heterocycles. The number of hydrogen-bond acceptors (Lipinski definition) is 5. The molecule has 1 N–H and O–H groups in total. The maximum Gasteiger partial charge on any atom is 0.355 e. The number of aryl methyl sites for hydroxylation is 1. The Morgan fingerprint density at radius 2 is 2.00 bits per heavy atom. The van der Waals surface area contributed by atoms with Gasteiger partial charge in [-0.2, -0.15) is 0 Å². The summed E-state index contributed by atoms with van der Waals surface area (Å²) >= 11 is 0. The minimum Gasteiger partial charge on any atom is -0.464 e. The zero-order valence-electron chi connectivity index (χ0n) is 11.8. The Labute approximate surface area is 123 Å². The Morgan fingerprint density at radius 1 is 1.38 bits per heavy atom. The number of sulfonamides is 1. The highest BCUT2D eigenvalue weighted by Gasteiger charge is 2.39. The van der Waals surface area contributed by atoms with E-state index in [0.29, 0.717) is 0 Å². The Hall–Kier alpha value is -1.86. The van der Waals surface area contributed by atoms with Gasteiger partial charge in [0.2, 0.25) is 0 Å². The van der Waals surface area contributed by atoms with Crippen LogP contribution in [0.1, 0.15) is 12.0 Å². The van der Waals surface area contributed by atoms with Crippen LogP contribution < -0.4 is 0 Å². The SMILES string of the molecule is COC(=O)C1=CC[C@@H](CO)N1S(=O)(=O)c1ccc(C)cc1. The van der Waals surface area contributed by atoms with Gasteiger partial charge in [-0.3, -0.25) is 4.31 Å². The lowest BCUT2D eigenvalue weighted by molar-refractivity contribution is -0.137. The summed E-state index contributed by atoms with van der Waals surface area (Å²) in [7, 11) is -2.73. The van der Waals surface area contributed by atoms with E-state index in [9.17, 15) is 18.3 Å². The molecule has 1 aromatic rings. The summed E-state index contributed by atoms with van der Waals surface area (Å²) < 4.78 is 31.0. The lowest BCUT2D eigenvalue weighted by atomic mass is 10.2. The molecule has 0 fully saturated rings. The van der Waals surface area contributed by atoms with Crippen molar-refractivity contribution in [2.75, 3.05) is 13.7 Å². The number of ether oxygens (including phenoxy) is 1. The number of esters is 1. The Morgan fingerprint density at radius 3 is 2.52 bits per heavy atom. The Balaban J connectivity index is 2.46. The van der Waals surface area contributed by atoms with Gasteiger partial charge in [0.25, 0.3) is 10.0 Å². The number of carbonyl (C=O) groups excluding carboxylic acids is 1. The van der Waals surface area contributed by atoms with Crippen molar-refractivity contribution in [3.63, 3.8) is 0 Å². The van der Waals surface area contributed by atoms with Crippen LogP contribution in [0.2, 0.25) is 0 Å². The monoisotopic (exact) mass is 311 g/mol. The molecule has 21 heavy (non-hydrogen) atoms. The molecule has 1 heterocycles. The molecule has 1 aliphatic rings. The number of aliphatic hydroxyl groups is 1. The van der Waals surface area contributed by atoms with Gasteiger partial charge in [-0.1, -0.05) is 23.8 Å². The fraction of sp³-hybridized carbons (Fsp3) is 0.357. The van der Waals surface area contributed by atoms with Crippen LogP contribution in [0, 0.1) is 6.92 Å². The third kappa shape index (κ3) is 2.79. The van der Waals surface area contributed by atoms with Gasteiger partial charge in [0.1, 0.15) is 5.70 Å². The molecular weight excluding hydrogens is 294 g/mol. The van der Waals surface area contributed by atoms with Crippen molar-refractivity contribution >= 4 is 16.0 Å². The molecule has 1 atom stereocenters. The van der Waals surface area contributed by atoms with Crippen LogP contribution in [0.5, 0.6) is 0 Å². The quantitative estimate of drug-likeness (QED) is 0.832. The molecule has 0 saturated carbocycles. The largest absolute Gasteiger partial charge is 0.464 e. The van der Waals surface area contributed by atoms with E-state index in [0.717, 1.165) is 9.87 Å². The molecule has 1 aliphatic heterocycles. The molecule has 114 valence electrons. The van der Waals surface area contributed by atoms with Crippen LogP contribution >= 0.6 is 0 Å². The van der Waals surface area contributed by atoms with E-state index in [2.05, 4.69) is 4.74 Å². The summed E-state index contributed by atoms with van der Waals surface area (Å²) in [5.74, 6) is -0.735. The fourth-order valence-electron chi connectivity index (χ4n) is 2.21. The molecular formula is C14H17NO5S. The van der Waals surface area contributed by atoms with Crippen LogP contribution in [-0.2, 0) is 19.6 Å². The summed E-state index contributed by atoms with van der Waals surface area (Å²) in [5.41, 5.74) is 0.870. The molecule has 2 rings (SSSR count). The summed E-state index contributed by atoms with van der Waals surface area (Å²) in [5, 5.41) is 9.37. The third-order valence-corrected chi connectivity index (χ3v) is 5.22. The highest BCUT2D eigenvalue weighted by atomic mass is 32.2. The summed E-state index contributed by atoms with van der Waals surface area (Å²) in [4.78, 5) is 11.8. The first-order chi connectivity index (χ1) is 9.91. The topological polar surface area (TPSA) is 83.9 Å². The number of rotatable bonds is 4. The second kappa shape index (κ2) is 5.87. The normalized spacial score (nSPS) is 18.5. The van der Waals surface area contributed by atoms with E-state index in [1.54, 1.807) is 12.1 Å². The first-order valence-corrected chi connectivity index (χ1v) is 7.86. The molecule has 0 amide bonds. The Bertz CT molecular complexity index is 663. The number of aliphatic hydroxyl groups excluding tert-OH is 1. The standard InChI is InChI=1S/C14H17NO5S/c1-10-3-6-12(7-4-10)21(18,19)15-11(9-16)5-8-13(15)14(17)20-2/h3-4,6-8,11,16H,5,9H2,1-2H3/t11-/m0/s1. The van der Waals surface area contributed by atoms with Crippen LogP contribution in [0.4, 0.5) is 0 Å². The van der Waals surface area contributed by atoms with Gasteiger partial charge < -0.3 is 9.84 Å².